The van der Waals surface area contributed by atoms with E-state index in [4.69, 9.17) is 4.74 Å². The van der Waals surface area contributed by atoms with E-state index in [1.54, 1.807) is 31.4 Å². The fourth-order valence-electron chi connectivity index (χ4n) is 3.16. The molecule has 1 fully saturated rings. The number of hydrogen-bond donors (Lipinski definition) is 1. The first-order chi connectivity index (χ1) is 11.8. The predicted molar refractivity (Wildman–Crippen MR) is 96.0 cm³/mol. The molecule has 0 saturated carbocycles. The molecule has 0 aromatic heterocycles. The Hall–Kier alpha value is -1.64. The Kier molecular flexibility index (Phi) is 6.42. The van der Waals surface area contributed by atoms with Gasteiger partial charge in [0.25, 0.3) is 0 Å². The molecule has 1 aliphatic heterocycles. The first kappa shape index (κ1) is 19.7. The molecule has 1 saturated heterocycles. The van der Waals surface area contributed by atoms with E-state index in [0.29, 0.717) is 31.8 Å². The monoisotopic (exact) mass is 369 g/mol. The molecule has 1 heterocycles. The maximum absolute atomic E-state index is 12.9. The molecule has 1 N–H and O–H groups in total. The van der Waals surface area contributed by atoms with E-state index in [1.165, 1.54) is 11.2 Å². The van der Waals surface area contributed by atoms with Crippen molar-refractivity contribution >= 4 is 15.9 Å². The van der Waals surface area contributed by atoms with Gasteiger partial charge in [0.05, 0.1) is 12.0 Å². The highest BCUT2D eigenvalue weighted by molar-refractivity contribution is 7.89. The molecule has 0 aliphatic carbocycles. The topological polar surface area (TPSA) is 79.0 Å². The third-order valence-corrected chi connectivity index (χ3v) is 6.54. The lowest BCUT2D eigenvalue weighted by Gasteiger charge is -2.41. The van der Waals surface area contributed by atoms with Gasteiger partial charge in [-0.3, -0.25) is 4.79 Å². The molecule has 0 spiro atoms. The quantitative estimate of drug-likeness (QED) is 0.801. The molecule has 1 aromatic rings. The summed E-state index contributed by atoms with van der Waals surface area (Å²) in [4.78, 5) is 13.5. The number of amides is 1. The third kappa shape index (κ3) is 4.71. The Labute approximate surface area is 150 Å². The van der Waals surface area contributed by atoms with Gasteiger partial charge in [0.2, 0.25) is 15.9 Å². The van der Waals surface area contributed by atoms with Crippen molar-refractivity contribution in [2.75, 3.05) is 40.8 Å². The van der Waals surface area contributed by atoms with Crippen molar-refractivity contribution in [1.82, 2.24) is 14.5 Å². The van der Waals surface area contributed by atoms with Crippen molar-refractivity contribution in [3.8, 4) is 5.75 Å². The summed E-state index contributed by atoms with van der Waals surface area (Å²) in [6, 6.07) is 6.50. The second-order valence-corrected chi connectivity index (χ2v) is 8.49. The fraction of sp³-hybridized carbons (Fsp3) is 0.588. The number of ether oxygens (including phenoxy) is 1. The lowest BCUT2D eigenvalue weighted by atomic mass is 9.92. The number of sulfonamides is 1. The number of nitrogens with zero attached hydrogens (tertiary/aromatic N) is 2. The van der Waals surface area contributed by atoms with Crippen molar-refractivity contribution in [3.63, 3.8) is 0 Å². The van der Waals surface area contributed by atoms with Gasteiger partial charge in [0.1, 0.15) is 5.75 Å². The average Bonchev–Trinajstić information content (AvgIpc) is 2.59. The van der Waals surface area contributed by atoms with Gasteiger partial charge in [0, 0.05) is 32.6 Å². The van der Waals surface area contributed by atoms with Crippen LogP contribution in [0.5, 0.6) is 5.75 Å². The van der Waals surface area contributed by atoms with Crippen molar-refractivity contribution in [1.29, 1.82) is 0 Å². The molecule has 1 aromatic carbocycles. The molecule has 0 bridgehead atoms. The first-order valence-corrected chi connectivity index (χ1v) is 9.74. The number of hydrogen-bond acceptors (Lipinski definition) is 5. The third-order valence-electron chi connectivity index (χ3n) is 4.66. The summed E-state index contributed by atoms with van der Waals surface area (Å²) in [5.74, 6) is 0.783. The van der Waals surface area contributed by atoms with Crippen LogP contribution < -0.4 is 10.1 Å². The standard InChI is InChI=1S/C17H27N3O4S/c1-13(21)18-11-14-9-10-20(12-17(14)19(2)3)25(22,23)16-7-5-15(24-4)6-8-16/h5-8,14,17H,9-12H2,1-4H3,(H,18,21)/t14-,17-/m1/s1. The fourth-order valence-corrected chi connectivity index (χ4v) is 4.64. The van der Waals surface area contributed by atoms with Crippen molar-refractivity contribution in [3.05, 3.63) is 24.3 Å². The first-order valence-electron chi connectivity index (χ1n) is 8.30. The molecule has 0 unspecified atom stereocenters. The Morgan fingerprint density at radius 3 is 2.48 bits per heavy atom. The van der Waals surface area contributed by atoms with Crippen molar-refractivity contribution in [2.45, 2.75) is 24.3 Å². The Bertz CT molecular complexity index is 688. The molecule has 2 atom stereocenters. The molecule has 25 heavy (non-hydrogen) atoms. The lowest BCUT2D eigenvalue weighted by Crippen LogP contribution is -2.54. The van der Waals surface area contributed by atoms with Gasteiger partial charge in [-0.05, 0) is 50.7 Å². The lowest BCUT2D eigenvalue weighted by molar-refractivity contribution is -0.119. The van der Waals surface area contributed by atoms with E-state index in [0.717, 1.165) is 0 Å². The van der Waals surface area contributed by atoms with Gasteiger partial charge in [-0.25, -0.2) is 8.42 Å². The maximum Gasteiger partial charge on any atom is 0.243 e. The van der Waals surface area contributed by atoms with Gasteiger partial charge < -0.3 is 15.0 Å². The molecule has 1 aliphatic rings. The van der Waals surface area contributed by atoms with Crippen LogP contribution in [0.2, 0.25) is 0 Å². The summed E-state index contributed by atoms with van der Waals surface area (Å²) in [6.45, 7) is 2.91. The molecular weight excluding hydrogens is 342 g/mol. The minimum atomic E-state index is -3.54. The van der Waals surface area contributed by atoms with Crippen LogP contribution in [0.3, 0.4) is 0 Å². The molecule has 140 valence electrons. The Morgan fingerprint density at radius 1 is 1.32 bits per heavy atom. The summed E-state index contributed by atoms with van der Waals surface area (Å²) in [5, 5.41) is 2.85. The van der Waals surface area contributed by atoms with E-state index in [-0.39, 0.29) is 22.8 Å². The van der Waals surface area contributed by atoms with Crippen LogP contribution in [0.1, 0.15) is 13.3 Å². The maximum atomic E-state index is 12.9. The number of benzene rings is 1. The van der Waals surface area contributed by atoms with Crippen LogP contribution in [-0.2, 0) is 14.8 Å². The van der Waals surface area contributed by atoms with Crippen LogP contribution in [-0.4, -0.2) is 70.4 Å². The molecular formula is C17H27N3O4S. The zero-order valence-electron chi connectivity index (χ0n) is 15.2. The normalized spacial score (nSPS) is 22.0. The van der Waals surface area contributed by atoms with E-state index < -0.39 is 10.0 Å². The zero-order chi connectivity index (χ0) is 18.6. The summed E-state index contributed by atoms with van der Waals surface area (Å²) < 4.78 is 32.5. The van der Waals surface area contributed by atoms with Crippen LogP contribution in [0.25, 0.3) is 0 Å². The second kappa shape index (κ2) is 8.16. The number of likely N-dealkylation sites (N-methyl/N-ethyl adjacent to an activating group) is 1. The minimum absolute atomic E-state index is 0.0497. The molecule has 8 heteroatoms. The highest BCUT2D eigenvalue weighted by atomic mass is 32.2. The van der Waals surface area contributed by atoms with Crippen LogP contribution in [0.4, 0.5) is 0 Å². The van der Waals surface area contributed by atoms with Crippen LogP contribution >= 0.6 is 0 Å². The summed E-state index contributed by atoms with van der Waals surface area (Å²) in [6.07, 6.45) is 0.707. The summed E-state index contributed by atoms with van der Waals surface area (Å²) >= 11 is 0. The Morgan fingerprint density at radius 2 is 1.96 bits per heavy atom. The SMILES string of the molecule is COc1ccc(S(=O)(=O)N2CC[C@H](CNC(C)=O)[C@H](N(C)C)C2)cc1. The number of carbonyl (C=O) groups excluding carboxylic acids is 1. The number of piperidine rings is 1. The second-order valence-electron chi connectivity index (χ2n) is 6.56. The molecule has 1 amide bonds. The van der Waals surface area contributed by atoms with Gasteiger partial charge in [0.15, 0.2) is 0 Å². The van der Waals surface area contributed by atoms with Gasteiger partial charge in [-0.2, -0.15) is 4.31 Å². The Balaban J connectivity index is 2.15. The summed E-state index contributed by atoms with van der Waals surface area (Å²) in [7, 11) is 1.88. The zero-order valence-corrected chi connectivity index (χ0v) is 16.0. The van der Waals surface area contributed by atoms with Crippen molar-refractivity contribution < 1.29 is 17.9 Å². The number of methoxy groups -OCH3 is 1. The average molecular weight is 369 g/mol. The summed E-state index contributed by atoms with van der Waals surface area (Å²) in [5.41, 5.74) is 0. The van der Waals surface area contributed by atoms with Gasteiger partial charge in [-0.15, -0.1) is 0 Å². The number of nitrogens with one attached hydrogen (secondary N) is 1. The van der Waals surface area contributed by atoms with Crippen LogP contribution in [0, 0.1) is 5.92 Å². The number of carbonyl (C=O) groups is 1. The number of rotatable bonds is 6. The highest BCUT2D eigenvalue weighted by Crippen LogP contribution is 2.27. The largest absolute Gasteiger partial charge is 0.497 e. The van der Waals surface area contributed by atoms with E-state index in [9.17, 15) is 13.2 Å². The minimum Gasteiger partial charge on any atom is -0.497 e. The molecule has 7 nitrogen and oxygen atoms in total. The van der Waals surface area contributed by atoms with Gasteiger partial charge in [-0.1, -0.05) is 0 Å². The van der Waals surface area contributed by atoms with Crippen molar-refractivity contribution in [2.24, 2.45) is 5.92 Å². The van der Waals surface area contributed by atoms with E-state index in [2.05, 4.69) is 5.32 Å². The molecule has 0 radical (unpaired) electrons. The van der Waals surface area contributed by atoms with Crippen LogP contribution in [0.15, 0.2) is 29.2 Å². The van der Waals surface area contributed by atoms with E-state index in [1.807, 2.05) is 19.0 Å². The van der Waals surface area contributed by atoms with E-state index >= 15 is 0 Å². The molecule has 2 rings (SSSR count). The van der Waals surface area contributed by atoms with Gasteiger partial charge >= 0.3 is 0 Å². The highest BCUT2D eigenvalue weighted by Gasteiger charge is 2.36. The predicted octanol–water partition coefficient (Wildman–Crippen LogP) is 0.772. The smallest absolute Gasteiger partial charge is 0.243 e.